The van der Waals surface area contributed by atoms with Crippen LogP contribution in [0.3, 0.4) is 0 Å². The predicted octanol–water partition coefficient (Wildman–Crippen LogP) is 8.32. The highest BCUT2D eigenvalue weighted by molar-refractivity contribution is 6.02. The number of hydrogen-bond acceptors (Lipinski definition) is 3. The van der Waals surface area contributed by atoms with Gasteiger partial charge in [-0.05, 0) is 107 Å². The van der Waals surface area contributed by atoms with Crippen molar-refractivity contribution in [2.75, 3.05) is 0 Å². The number of benzene rings is 3. The Hall–Kier alpha value is -4.44. The van der Waals surface area contributed by atoms with Gasteiger partial charge in [-0.3, -0.25) is 9.59 Å². The van der Waals surface area contributed by atoms with Crippen LogP contribution in [0, 0.1) is 12.8 Å². The standard InChI is InChI=1S/C39H37NO3/c1-25-12-14-33(15-13-25)39(26(2)18-37(41)40-39)23-31-21-30-22-34(16-17-36(30)38(31)42)43-24-32-20-29(27-8-4-3-5-9-27)19-28-10-6-7-11-35(28)32/h4,6-15,19-20,22,31H,2-3,5,16-18,21,23-24H2,1H3,(H,40,41). The number of allylic oxidation sites excluding steroid dienone is 8. The molecule has 4 heteroatoms. The lowest BCUT2D eigenvalue weighted by Crippen LogP contribution is -2.42. The second-order valence-electron chi connectivity index (χ2n) is 12.5. The minimum Gasteiger partial charge on any atom is -0.493 e. The van der Waals surface area contributed by atoms with Gasteiger partial charge in [0.1, 0.15) is 6.61 Å². The Morgan fingerprint density at radius 2 is 1.86 bits per heavy atom. The Balaban J connectivity index is 1.11. The summed E-state index contributed by atoms with van der Waals surface area (Å²) in [6.45, 7) is 6.83. The largest absolute Gasteiger partial charge is 0.493 e. The first-order valence-corrected chi connectivity index (χ1v) is 15.4. The third-order valence-electron chi connectivity index (χ3n) is 9.59. The maximum absolute atomic E-state index is 13.7. The molecule has 3 aliphatic carbocycles. The summed E-state index contributed by atoms with van der Waals surface area (Å²) in [6, 6.07) is 21.3. The number of carbonyl (C=O) groups excluding carboxylic acids is 2. The number of amides is 1. The number of fused-ring (bicyclic) bond motifs is 1. The molecule has 0 spiro atoms. The van der Waals surface area contributed by atoms with Crippen LogP contribution in [0.5, 0.6) is 0 Å². The molecule has 216 valence electrons. The van der Waals surface area contributed by atoms with Crippen LogP contribution < -0.4 is 5.32 Å². The van der Waals surface area contributed by atoms with Gasteiger partial charge in [-0.15, -0.1) is 0 Å². The van der Waals surface area contributed by atoms with E-state index >= 15 is 0 Å². The van der Waals surface area contributed by atoms with Gasteiger partial charge in [0.05, 0.1) is 11.3 Å². The number of aryl methyl sites for hydroxylation is 1. The smallest absolute Gasteiger partial charge is 0.225 e. The van der Waals surface area contributed by atoms with Crippen molar-refractivity contribution in [2.24, 2.45) is 5.92 Å². The predicted molar refractivity (Wildman–Crippen MR) is 172 cm³/mol. The van der Waals surface area contributed by atoms with Gasteiger partial charge in [0.25, 0.3) is 0 Å². The van der Waals surface area contributed by atoms with E-state index in [-0.39, 0.29) is 17.6 Å². The van der Waals surface area contributed by atoms with Crippen LogP contribution in [0.1, 0.15) is 67.2 Å². The maximum atomic E-state index is 13.7. The topological polar surface area (TPSA) is 55.4 Å². The summed E-state index contributed by atoms with van der Waals surface area (Å²) in [4.78, 5) is 26.2. The van der Waals surface area contributed by atoms with E-state index in [0.29, 0.717) is 32.3 Å². The zero-order valence-corrected chi connectivity index (χ0v) is 24.7. The summed E-state index contributed by atoms with van der Waals surface area (Å²) in [5.74, 6) is 0.912. The molecule has 7 rings (SSSR count). The summed E-state index contributed by atoms with van der Waals surface area (Å²) in [6.07, 6.45) is 14.0. The van der Waals surface area contributed by atoms with Gasteiger partial charge in [0.2, 0.25) is 5.91 Å². The molecule has 2 atom stereocenters. The lowest BCUT2D eigenvalue weighted by atomic mass is 9.76. The number of rotatable bonds is 7. The first-order chi connectivity index (χ1) is 20.9. The van der Waals surface area contributed by atoms with Crippen LogP contribution in [0.15, 0.2) is 114 Å². The molecule has 3 aromatic carbocycles. The van der Waals surface area contributed by atoms with Crippen molar-refractivity contribution in [1.29, 1.82) is 0 Å². The minimum atomic E-state index is -0.711. The second-order valence-corrected chi connectivity index (χ2v) is 12.5. The summed E-state index contributed by atoms with van der Waals surface area (Å²) in [5.41, 5.74) is 7.96. The summed E-state index contributed by atoms with van der Waals surface area (Å²) in [5, 5.41) is 5.64. The van der Waals surface area contributed by atoms with E-state index in [1.54, 1.807) is 0 Å². The Kier molecular flexibility index (Phi) is 7.01. The number of hydrogen-bond donors (Lipinski definition) is 1. The van der Waals surface area contributed by atoms with E-state index in [0.717, 1.165) is 52.9 Å². The van der Waals surface area contributed by atoms with Gasteiger partial charge in [0, 0.05) is 18.8 Å². The van der Waals surface area contributed by atoms with Crippen LogP contribution in [0.2, 0.25) is 0 Å². The molecule has 43 heavy (non-hydrogen) atoms. The van der Waals surface area contributed by atoms with Gasteiger partial charge in [-0.1, -0.05) is 78.9 Å². The van der Waals surface area contributed by atoms with Gasteiger partial charge < -0.3 is 10.1 Å². The Morgan fingerprint density at radius 3 is 2.63 bits per heavy atom. The normalized spacial score (nSPS) is 23.4. The van der Waals surface area contributed by atoms with Crippen molar-refractivity contribution in [2.45, 2.75) is 64.0 Å². The molecule has 1 aliphatic heterocycles. The highest BCUT2D eigenvalue weighted by Gasteiger charge is 2.47. The van der Waals surface area contributed by atoms with E-state index in [9.17, 15) is 9.59 Å². The van der Waals surface area contributed by atoms with E-state index in [1.165, 1.54) is 27.5 Å². The first kappa shape index (κ1) is 27.4. The Morgan fingerprint density at radius 1 is 1.02 bits per heavy atom. The van der Waals surface area contributed by atoms with Crippen molar-refractivity contribution in [3.05, 3.63) is 136 Å². The number of Topliss-reactive ketones (excluding diaryl/α,β-unsaturated/α-hetero) is 1. The SMILES string of the molecule is C=C1CC(=O)NC1(CC1CC2=C(CCC(OCc3cc(C4=CCCC=C4)cc4ccccc34)=C2)C1=O)c1ccc(C)cc1. The Bertz CT molecular complexity index is 1780. The van der Waals surface area contributed by atoms with Crippen LogP contribution in [-0.4, -0.2) is 11.7 Å². The molecule has 0 radical (unpaired) electrons. The zero-order valence-electron chi connectivity index (χ0n) is 24.7. The molecule has 3 aromatic rings. The molecule has 0 aromatic heterocycles. The fourth-order valence-electron chi connectivity index (χ4n) is 7.30. The minimum absolute atomic E-state index is 0.0308. The molecule has 4 aliphatic rings. The number of ether oxygens (including phenoxy) is 1. The molecule has 1 heterocycles. The zero-order chi connectivity index (χ0) is 29.6. The highest BCUT2D eigenvalue weighted by atomic mass is 16.5. The van der Waals surface area contributed by atoms with Crippen molar-refractivity contribution >= 4 is 28.0 Å². The van der Waals surface area contributed by atoms with Crippen LogP contribution in [0.4, 0.5) is 0 Å². The summed E-state index contributed by atoms with van der Waals surface area (Å²) in [7, 11) is 0. The molecule has 1 fully saturated rings. The number of carbonyl (C=O) groups is 2. The van der Waals surface area contributed by atoms with Crippen molar-refractivity contribution in [1.82, 2.24) is 5.32 Å². The lowest BCUT2D eigenvalue weighted by molar-refractivity contribution is -0.121. The lowest BCUT2D eigenvalue weighted by Gasteiger charge is -2.33. The molecular weight excluding hydrogens is 530 g/mol. The average molecular weight is 568 g/mol. The molecule has 1 amide bonds. The number of ketones is 1. The first-order valence-electron chi connectivity index (χ1n) is 15.4. The summed E-state index contributed by atoms with van der Waals surface area (Å²) >= 11 is 0. The van der Waals surface area contributed by atoms with E-state index in [4.69, 9.17) is 4.74 Å². The molecule has 2 unspecified atom stereocenters. The average Bonchev–Trinajstić information content (AvgIpc) is 3.49. The monoisotopic (exact) mass is 567 g/mol. The van der Waals surface area contributed by atoms with E-state index in [2.05, 4.69) is 96.9 Å². The second kappa shape index (κ2) is 11.0. The number of nitrogens with one attached hydrogen (secondary N) is 1. The van der Waals surface area contributed by atoms with Crippen molar-refractivity contribution in [3.8, 4) is 0 Å². The molecule has 0 bridgehead atoms. The van der Waals surface area contributed by atoms with Crippen molar-refractivity contribution in [3.63, 3.8) is 0 Å². The van der Waals surface area contributed by atoms with Crippen LogP contribution >= 0.6 is 0 Å². The van der Waals surface area contributed by atoms with Gasteiger partial charge in [-0.2, -0.15) is 0 Å². The fourth-order valence-corrected chi connectivity index (χ4v) is 7.30. The van der Waals surface area contributed by atoms with Crippen molar-refractivity contribution < 1.29 is 14.3 Å². The quantitative estimate of drug-likeness (QED) is 0.292. The molecule has 1 saturated heterocycles. The fraction of sp³-hybridized carbons (Fsp3) is 0.282. The van der Waals surface area contributed by atoms with E-state index in [1.807, 2.05) is 6.92 Å². The van der Waals surface area contributed by atoms with Gasteiger partial charge in [0.15, 0.2) is 5.78 Å². The highest BCUT2D eigenvalue weighted by Crippen LogP contribution is 2.46. The maximum Gasteiger partial charge on any atom is 0.225 e. The van der Waals surface area contributed by atoms with Crippen LogP contribution in [0.25, 0.3) is 16.3 Å². The third-order valence-corrected chi connectivity index (χ3v) is 9.59. The summed E-state index contributed by atoms with van der Waals surface area (Å²) < 4.78 is 6.47. The molecule has 1 N–H and O–H groups in total. The van der Waals surface area contributed by atoms with Gasteiger partial charge in [-0.25, -0.2) is 0 Å². The molecule has 0 saturated carbocycles. The molecule has 4 nitrogen and oxygen atoms in total. The Labute approximate surface area is 253 Å². The molecular formula is C39H37NO3. The third kappa shape index (κ3) is 5.09. The van der Waals surface area contributed by atoms with Gasteiger partial charge >= 0.3 is 0 Å². The van der Waals surface area contributed by atoms with Crippen LogP contribution in [-0.2, 0) is 26.5 Å². The van der Waals surface area contributed by atoms with E-state index < -0.39 is 5.54 Å².